The number of ether oxygens (including phenoxy) is 2. The molecule has 0 bridgehead atoms. The van der Waals surface area contributed by atoms with Crippen LogP contribution in [0.5, 0.6) is 0 Å². The Morgan fingerprint density at radius 1 is 0.534 bits per heavy atom. The van der Waals surface area contributed by atoms with Crippen molar-refractivity contribution in [3.8, 4) is 0 Å². The van der Waals surface area contributed by atoms with Crippen molar-refractivity contribution in [2.45, 2.75) is 180 Å². The second-order valence-corrected chi connectivity index (χ2v) is 17.1. The number of unbranched alkanes of at least 4 members (excludes halogenated alkanes) is 13. The molecule has 0 rings (SSSR count). The van der Waals surface area contributed by atoms with Gasteiger partial charge in [-0.1, -0.05) is 146 Å². The number of carbonyl (C=O) groups excluding carboxylic acids is 2. The number of rotatable bonds is 40. The highest BCUT2D eigenvalue weighted by molar-refractivity contribution is 7.47. The lowest BCUT2D eigenvalue weighted by molar-refractivity contribution is -0.161. The molecule has 0 aromatic heterocycles. The van der Waals surface area contributed by atoms with Crippen LogP contribution >= 0.6 is 15.6 Å². The first-order valence-corrected chi connectivity index (χ1v) is 24.4. The van der Waals surface area contributed by atoms with E-state index in [1.54, 1.807) is 0 Å². The monoisotopic (exact) mass is 866 g/mol. The number of esters is 2. The molecule has 0 aliphatic heterocycles. The molecule has 16 heteroatoms. The zero-order valence-corrected chi connectivity index (χ0v) is 37.0. The number of phosphoric acid groups is 2. The summed E-state index contributed by atoms with van der Waals surface area (Å²) in [5.41, 5.74) is 0. The molecule has 4 atom stereocenters. The van der Waals surface area contributed by atoms with E-state index >= 15 is 0 Å². The first-order valence-electron chi connectivity index (χ1n) is 21.4. The summed E-state index contributed by atoms with van der Waals surface area (Å²) in [5, 5.41) is 19.5. The van der Waals surface area contributed by atoms with Crippen LogP contribution in [0.15, 0.2) is 48.6 Å². The number of phosphoric ester groups is 2. The Bertz CT molecular complexity index is 1230. The van der Waals surface area contributed by atoms with Crippen molar-refractivity contribution in [1.29, 1.82) is 0 Å². The van der Waals surface area contributed by atoms with Crippen LogP contribution in [0, 0.1) is 0 Å². The maximum Gasteiger partial charge on any atom is 0.472 e. The van der Waals surface area contributed by atoms with Crippen LogP contribution in [-0.2, 0) is 41.8 Å². The quantitative estimate of drug-likeness (QED) is 0.0168. The van der Waals surface area contributed by atoms with E-state index in [2.05, 4.69) is 53.3 Å². The van der Waals surface area contributed by atoms with Gasteiger partial charge in [0.2, 0.25) is 0 Å². The molecule has 0 heterocycles. The van der Waals surface area contributed by atoms with Gasteiger partial charge in [0, 0.05) is 12.8 Å². The molecule has 0 spiro atoms. The van der Waals surface area contributed by atoms with E-state index in [1.165, 1.54) is 57.8 Å². The number of aliphatic hydroxyl groups excluding tert-OH is 2. The van der Waals surface area contributed by atoms with Gasteiger partial charge in [0.05, 0.1) is 25.9 Å². The molecule has 0 saturated carbocycles. The van der Waals surface area contributed by atoms with Gasteiger partial charge in [0.1, 0.15) is 12.7 Å². The van der Waals surface area contributed by atoms with Crippen LogP contribution in [0.2, 0.25) is 0 Å². The summed E-state index contributed by atoms with van der Waals surface area (Å²) in [6, 6.07) is 0. The molecule has 0 aliphatic rings. The Labute approximate surface area is 348 Å². The van der Waals surface area contributed by atoms with Crippen molar-refractivity contribution in [2.24, 2.45) is 0 Å². The summed E-state index contributed by atoms with van der Waals surface area (Å²) >= 11 is 0. The predicted molar refractivity (Wildman–Crippen MR) is 227 cm³/mol. The van der Waals surface area contributed by atoms with Crippen molar-refractivity contribution in [3.63, 3.8) is 0 Å². The molecule has 0 amide bonds. The summed E-state index contributed by atoms with van der Waals surface area (Å²) in [6.45, 7) is 1.49. The smallest absolute Gasteiger partial charge is 0.462 e. The molecule has 0 aromatic carbocycles. The molecule has 5 N–H and O–H groups in total. The van der Waals surface area contributed by atoms with E-state index in [-0.39, 0.29) is 18.9 Å². The average Bonchev–Trinajstić information content (AvgIpc) is 3.17. The molecular weight excluding hydrogens is 790 g/mol. The molecule has 2 unspecified atom stereocenters. The van der Waals surface area contributed by atoms with E-state index < -0.39 is 66.2 Å². The standard InChI is InChI=1S/C42H76O14P2/c1-3-5-6-7-8-9-10-12-17-20-23-26-29-33-42(46)56-40(37-55-58(50,51)54-35-39(44)34-53-57(47,48)49)36-52-41(45)32-28-25-22-19-16-14-11-13-15-18-21-24-27-31-38(43)30-4-2/h11,14-15,18-19,22,24,27,38-40,43-44H,3-10,12-13,16-17,20-21,23,25-26,28-37H2,1-2H3,(H,50,51)(H2,47,48,49)/b14-11-,18-15-,22-19-,27-24-/t38?,39-,40+/m0/s1. The fraction of sp³-hybridized carbons (Fsp3) is 0.762. The molecular formula is C42H76O14P2. The van der Waals surface area contributed by atoms with Gasteiger partial charge in [-0.3, -0.25) is 23.2 Å². The molecule has 0 aromatic rings. The fourth-order valence-corrected chi connectivity index (χ4v) is 6.69. The number of allylic oxidation sites excluding steroid dienone is 7. The Balaban J connectivity index is 4.62. The third-order valence-corrected chi connectivity index (χ3v) is 10.2. The zero-order valence-electron chi connectivity index (χ0n) is 35.2. The largest absolute Gasteiger partial charge is 0.472 e. The normalized spacial score (nSPS) is 15.1. The van der Waals surface area contributed by atoms with Gasteiger partial charge in [-0.2, -0.15) is 0 Å². The van der Waals surface area contributed by atoms with Gasteiger partial charge in [-0.25, -0.2) is 9.13 Å². The highest BCUT2D eigenvalue weighted by Crippen LogP contribution is 2.43. The van der Waals surface area contributed by atoms with Crippen molar-refractivity contribution in [1.82, 2.24) is 0 Å². The maximum atomic E-state index is 12.6. The number of hydrogen-bond acceptors (Lipinski definition) is 11. The molecule has 0 saturated heterocycles. The SMILES string of the molecule is CCCCCCCCCCCCCCCC(=O)O[C@H](COC(=O)CCC/C=C\C/C=C\C/C=C\C/C=C\CC(O)CCC)COP(=O)(O)OC[C@@H](O)COP(=O)(O)O. The predicted octanol–water partition coefficient (Wildman–Crippen LogP) is 9.64. The zero-order chi connectivity index (χ0) is 43.2. The topological polar surface area (TPSA) is 216 Å². The van der Waals surface area contributed by atoms with Crippen molar-refractivity contribution >= 4 is 27.6 Å². The van der Waals surface area contributed by atoms with Crippen LogP contribution in [0.1, 0.15) is 162 Å². The number of aliphatic hydroxyl groups is 2. The van der Waals surface area contributed by atoms with E-state index in [4.69, 9.17) is 23.8 Å². The van der Waals surface area contributed by atoms with Crippen LogP contribution in [-0.4, -0.2) is 81.6 Å². The summed E-state index contributed by atoms with van der Waals surface area (Å²) < 4.78 is 47.6. The van der Waals surface area contributed by atoms with E-state index in [0.29, 0.717) is 25.7 Å². The van der Waals surface area contributed by atoms with Gasteiger partial charge in [0.25, 0.3) is 0 Å². The van der Waals surface area contributed by atoms with E-state index in [1.807, 2.05) is 18.2 Å². The third kappa shape index (κ3) is 40.8. The average molecular weight is 867 g/mol. The van der Waals surface area contributed by atoms with Crippen molar-refractivity contribution < 1.29 is 66.7 Å². The maximum absolute atomic E-state index is 12.6. The molecule has 338 valence electrons. The van der Waals surface area contributed by atoms with Gasteiger partial charge in [0.15, 0.2) is 6.10 Å². The van der Waals surface area contributed by atoms with Crippen LogP contribution in [0.4, 0.5) is 0 Å². The molecule has 0 aliphatic carbocycles. The Morgan fingerprint density at radius 3 is 1.57 bits per heavy atom. The van der Waals surface area contributed by atoms with Crippen LogP contribution < -0.4 is 0 Å². The van der Waals surface area contributed by atoms with Crippen molar-refractivity contribution in [3.05, 3.63) is 48.6 Å². The summed E-state index contributed by atoms with van der Waals surface area (Å²) in [6.07, 6.45) is 34.6. The van der Waals surface area contributed by atoms with Gasteiger partial charge >= 0.3 is 27.6 Å². The molecule has 14 nitrogen and oxygen atoms in total. The lowest BCUT2D eigenvalue weighted by Crippen LogP contribution is -2.30. The van der Waals surface area contributed by atoms with Crippen molar-refractivity contribution in [2.75, 3.05) is 26.4 Å². The number of hydrogen-bond donors (Lipinski definition) is 5. The molecule has 0 radical (unpaired) electrons. The summed E-state index contributed by atoms with van der Waals surface area (Å²) in [4.78, 5) is 52.6. The van der Waals surface area contributed by atoms with E-state index in [0.717, 1.165) is 51.4 Å². The molecule has 0 fully saturated rings. The highest BCUT2D eigenvalue weighted by Gasteiger charge is 2.28. The Morgan fingerprint density at radius 2 is 1.02 bits per heavy atom. The fourth-order valence-electron chi connectivity index (χ4n) is 5.53. The number of carbonyl (C=O) groups is 2. The lowest BCUT2D eigenvalue weighted by atomic mass is 10.0. The third-order valence-electron chi connectivity index (χ3n) is 8.77. The minimum Gasteiger partial charge on any atom is -0.462 e. The molecule has 58 heavy (non-hydrogen) atoms. The second-order valence-electron chi connectivity index (χ2n) is 14.5. The Hall–Kier alpha value is -1.96. The lowest BCUT2D eigenvalue weighted by Gasteiger charge is -2.20. The summed E-state index contributed by atoms with van der Waals surface area (Å²) in [5.74, 6) is -1.12. The Kier molecular flexibility index (Phi) is 36.7. The van der Waals surface area contributed by atoms with Gasteiger partial charge in [-0.05, 0) is 51.4 Å². The van der Waals surface area contributed by atoms with Crippen LogP contribution in [0.3, 0.4) is 0 Å². The van der Waals surface area contributed by atoms with Gasteiger partial charge < -0.3 is 34.4 Å². The second kappa shape index (κ2) is 38.0. The summed E-state index contributed by atoms with van der Waals surface area (Å²) in [7, 11) is -9.69. The van der Waals surface area contributed by atoms with E-state index in [9.17, 15) is 33.8 Å². The highest BCUT2D eigenvalue weighted by atomic mass is 31.2. The first-order chi connectivity index (χ1) is 27.8. The minimum atomic E-state index is -4.87. The minimum absolute atomic E-state index is 0.105. The first kappa shape index (κ1) is 56.0. The van der Waals surface area contributed by atoms with Gasteiger partial charge in [-0.15, -0.1) is 0 Å². The van der Waals surface area contributed by atoms with Crippen LogP contribution in [0.25, 0.3) is 0 Å².